The van der Waals surface area contributed by atoms with Crippen LogP contribution in [0.3, 0.4) is 0 Å². The normalized spacial score (nSPS) is 13.0. The van der Waals surface area contributed by atoms with E-state index >= 15 is 0 Å². The second kappa shape index (κ2) is 9.79. The summed E-state index contributed by atoms with van der Waals surface area (Å²) in [5.74, 6) is -1.65. The molecule has 0 fully saturated rings. The fourth-order valence-electron chi connectivity index (χ4n) is 1.50. The number of carbonyl (C=O) groups excluding carboxylic acids is 3. The Labute approximate surface area is 123 Å². The summed E-state index contributed by atoms with van der Waals surface area (Å²) in [7, 11) is 0. The average molecular weight is 299 g/mol. The molecule has 0 aromatic heterocycles. The van der Waals surface area contributed by atoms with Crippen molar-refractivity contribution in [3.63, 3.8) is 0 Å². The number of nitrogens with zero attached hydrogens (tertiary/aromatic N) is 2. The lowest BCUT2D eigenvalue weighted by atomic mass is 10.1. The molecular weight excluding hydrogens is 278 g/mol. The maximum atomic E-state index is 11.9. The monoisotopic (exact) mass is 299 g/mol. The minimum Gasteiger partial charge on any atom is -0.461 e. The van der Waals surface area contributed by atoms with Crippen LogP contribution in [0, 0.1) is 0 Å². The second-order valence-corrected chi connectivity index (χ2v) is 4.91. The Morgan fingerprint density at radius 3 is 2.43 bits per heavy atom. The number of aliphatic hydroxyl groups excluding tert-OH is 1. The number of Topliss-reactive ketones (excluding diaryl/α,β-unsaturated/α-hetero) is 1. The fraction of sp³-hybridized carbons (Fsp3) is 0.692. The van der Waals surface area contributed by atoms with Crippen LogP contribution in [0.15, 0.2) is 0 Å². The molecule has 0 aromatic rings. The number of esters is 1. The van der Waals surface area contributed by atoms with Gasteiger partial charge in [-0.25, -0.2) is 4.79 Å². The van der Waals surface area contributed by atoms with Gasteiger partial charge in [0.2, 0.25) is 11.7 Å². The molecule has 0 aliphatic heterocycles. The van der Waals surface area contributed by atoms with E-state index in [-0.39, 0.29) is 25.4 Å². The largest absolute Gasteiger partial charge is 0.461 e. The van der Waals surface area contributed by atoms with Crippen LogP contribution in [-0.4, -0.2) is 52.0 Å². The van der Waals surface area contributed by atoms with Crippen molar-refractivity contribution in [2.75, 3.05) is 0 Å². The molecule has 0 bridgehead atoms. The van der Waals surface area contributed by atoms with E-state index in [2.05, 4.69) is 10.1 Å². The van der Waals surface area contributed by atoms with Gasteiger partial charge in [-0.1, -0.05) is 0 Å². The van der Waals surface area contributed by atoms with Crippen molar-refractivity contribution in [3.8, 4) is 0 Å². The Morgan fingerprint density at radius 1 is 1.33 bits per heavy atom. The number of hydrogen-bond donors (Lipinski definition) is 2. The summed E-state index contributed by atoms with van der Waals surface area (Å²) >= 11 is 0. The summed E-state index contributed by atoms with van der Waals surface area (Å²) in [5.41, 5.74) is 8.23. The summed E-state index contributed by atoms with van der Waals surface area (Å²) in [4.78, 5) is 37.3. The van der Waals surface area contributed by atoms with Crippen LogP contribution in [0.2, 0.25) is 0 Å². The molecule has 0 spiro atoms. The predicted molar refractivity (Wildman–Crippen MR) is 73.4 cm³/mol. The van der Waals surface area contributed by atoms with Gasteiger partial charge in [-0.05, 0) is 27.2 Å². The zero-order valence-electron chi connectivity index (χ0n) is 12.4. The second-order valence-electron chi connectivity index (χ2n) is 4.91. The summed E-state index contributed by atoms with van der Waals surface area (Å²) < 4.78 is 5.00. The van der Waals surface area contributed by atoms with E-state index in [1.807, 2.05) is 0 Å². The van der Waals surface area contributed by atoms with E-state index in [1.165, 1.54) is 6.92 Å². The summed E-state index contributed by atoms with van der Waals surface area (Å²) in [6, 6.07) is -0.991. The third-order valence-corrected chi connectivity index (χ3v) is 2.33. The molecule has 0 heterocycles. The van der Waals surface area contributed by atoms with E-state index in [4.69, 9.17) is 15.4 Å². The molecule has 0 rings (SSSR count). The smallest absolute Gasteiger partial charge is 0.328 e. The highest BCUT2D eigenvalue weighted by molar-refractivity contribution is 6.25. The quantitative estimate of drug-likeness (QED) is 0.264. The minimum absolute atomic E-state index is 0.0158. The van der Waals surface area contributed by atoms with E-state index in [9.17, 15) is 14.4 Å². The third kappa shape index (κ3) is 9.48. The predicted octanol–water partition coefficient (Wildman–Crippen LogP) is -0.156. The Kier molecular flexibility index (Phi) is 8.84. The van der Waals surface area contributed by atoms with Crippen LogP contribution in [-0.2, 0) is 19.1 Å². The molecule has 21 heavy (non-hydrogen) atoms. The molecule has 0 aromatic carbocycles. The number of aliphatic hydroxyl groups is 1. The van der Waals surface area contributed by atoms with Gasteiger partial charge in [0.05, 0.1) is 18.6 Å². The van der Waals surface area contributed by atoms with Gasteiger partial charge in [-0.2, -0.15) is 4.79 Å². The Morgan fingerprint density at radius 2 is 1.95 bits per heavy atom. The van der Waals surface area contributed by atoms with E-state index < -0.39 is 29.8 Å². The molecule has 8 heteroatoms. The van der Waals surface area contributed by atoms with Crippen LogP contribution in [0.1, 0.15) is 40.0 Å². The molecule has 0 unspecified atom stereocenters. The van der Waals surface area contributed by atoms with E-state index in [1.54, 1.807) is 13.8 Å². The number of carbonyl (C=O) groups is 3. The first-order chi connectivity index (χ1) is 9.76. The molecule has 1 amide bonds. The van der Waals surface area contributed by atoms with Crippen molar-refractivity contribution in [3.05, 3.63) is 5.53 Å². The van der Waals surface area contributed by atoms with Crippen molar-refractivity contribution in [2.24, 2.45) is 0 Å². The van der Waals surface area contributed by atoms with Crippen LogP contribution in [0.25, 0.3) is 5.53 Å². The highest BCUT2D eigenvalue weighted by Gasteiger charge is 2.24. The molecule has 8 nitrogen and oxygen atoms in total. The number of ether oxygens (including phenoxy) is 1. The summed E-state index contributed by atoms with van der Waals surface area (Å²) in [5, 5.41) is 11.5. The molecule has 0 radical (unpaired) electrons. The number of amides is 1. The van der Waals surface area contributed by atoms with E-state index in [0.29, 0.717) is 0 Å². The molecule has 118 valence electrons. The van der Waals surface area contributed by atoms with Gasteiger partial charge >= 0.3 is 12.2 Å². The van der Waals surface area contributed by atoms with Crippen LogP contribution >= 0.6 is 0 Å². The number of rotatable bonds is 9. The topological polar surface area (TPSA) is 129 Å². The van der Waals surface area contributed by atoms with Crippen molar-refractivity contribution in [2.45, 2.75) is 58.3 Å². The van der Waals surface area contributed by atoms with Crippen molar-refractivity contribution in [1.82, 2.24) is 5.32 Å². The lowest BCUT2D eigenvalue weighted by Gasteiger charge is -2.19. The van der Waals surface area contributed by atoms with Gasteiger partial charge in [0, 0.05) is 6.42 Å². The first kappa shape index (κ1) is 18.9. The number of ketones is 1. The number of nitrogens with one attached hydrogen (secondary N) is 1. The molecule has 2 N–H and O–H groups in total. The van der Waals surface area contributed by atoms with Crippen molar-refractivity contribution < 1.29 is 29.0 Å². The van der Waals surface area contributed by atoms with Gasteiger partial charge < -0.3 is 20.7 Å². The first-order valence-electron chi connectivity index (χ1n) is 6.64. The van der Waals surface area contributed by atoms with Crippen molar-refractivity contribution >= 4 is 23.9 Å². The SMILES string of the molecule is CC(C)OC(=O)[C@H](CCC(=O)C=[N+]=[N-])NC(=O)C[C@@H](C)O. The Hall–Kier alpha value is -2.05. The zero-order valence-corrected chi connectivity index (χ0v) is 12.4. The molecule has 0 aliphatic rings. The number of hydrogen-bond acceptors (Lipinski definition) is 5. The van der Waals surface area contributed by atoms with Crippen molar-refractivity contribution in [1.29, 1.82) is 0 Å². The van der Waals surface area contributed by atoms with Crippen LogP contribution in [0.4, 0.5) is 0 Å². The maximum Gasteiger partial charge on any atom is 0.328 e. The van der Waals surface area contributed by atoms with Crippen LogP contribution in [0.5, 0.6) is 0 Å². The van der Waals surface area contributed by atoms with Gasteiger partial charge in [-0.15, -0.1) is 0 Å². The molecule has 0 saturated heterocycles. The summed E-state index contributed by atoms with van der Waals surface area (Å²) in [6.45, 7) is 4.77. The van der Waals surface area contributed by atoms with Gasteiger partial charge in [-0.3, -0.25) is 9.59 Å². The minimum atomic E-state index is -0.991. The third-order valence-electron chi connectivity index (χ3n) is 2.33. The van der Waals surface area contributed by atoms with Gasteiger partial charge in [0.15, 0.2) is 0 Å². The van der Waals surface area contributed by atoms with Gasteiger partial charge in [0.25, 0.3) is 0 Å². The molecule has 0 aliphatic carbocycles. The first-order valence-corrected chi connectivity index (χ1v) is 6.64. The lowest BCUT2D eigenvalue weighted by Crippen LogP contribution is -2.43. The Bertz CT molecular complexity index is 428. The molecule has 2 atom stereocenters. The summed E-state index contributed by atoms with van der Waals surface area (Å²) in [6.07, 6.45) is -0.697. The molecular formula is C13H21N3O5. The zero-order chi connectivity index (χ0) is 16.4. The Balaban J connectivity index is 4.68. The van der Waals surface area contributed by atoms with Gasteiger partial charge in [0.1, 0.15) is 6.04 Å². The lowest BCUT2D eigenvalue weighted by molar-refractivity contribution is -0.152. The van der Waals surface area contributed by atoms with E-state index in [0.717, 1.165) is 6.21 Å². The standard InChI is InChI=1S/C13H21N3O5/c1-8(2)21-13(20)11(5-4-10(18)7-15-14)16-12(19)6-9(3)17/h7-9,11,17H,4-6H2,1-3H3,(H,16,19)/t9-,11+/m1/s1. The maximum absolute atomic E-state index is 11.9. The highest BCUT2D eigenvalue weighted by Crippen LogP contribution is 2.04. The fourth-order valence-corrected chi connectivity index (χ4v) is 1.50. The molecule has 0 saturated carbocycles. The average Bonchev–Trinajstić information content (AvgIpc) is 2.32. The highest BCUT2D eigenvalue weighted by atomic mass is 16.5. The van der Waals surface area contributed by atoms with Crippen LogP contribution < -0.4 is 5.32 Å².